The molecule has 0 radical (unpaired) electrons. The predicted molar refractivity (Wildman–Crippen MR) is 125 cm³/mol. The largest absolute Gasteiger partial charge is 0.302 e. The molecular weight excluding hydrogens is 410 g/mol. The van der Waals surface area contributed by atoms with Crippen LogP contribution >= 0.6 is 0 Å². The van der Waals surface area contributed by atoms with Crippen molar-refractivity contribution in [2.24, 2.45) is 11.8 Å². The lowest BCUT2D eigenvalue weighted by molar-refractivity contribution is -0.128. The van der Waals surface area contributed by atoms with Gasteiger partial charge in [-0.3, -0.25) is 9.59 Å². The number of anilines is 1. The van der Waals surface area contributed by atoms with Gasteiger partial charge in [0.05, 0.1) is 22.9 Å². The Bertz CT molecular complexity index is 1470. The zero-order valence-electron chi connectivity index (χ0n) is 17.6. The fourth-order valence-electron chi connectivity index (χ4n) is 6.60. The van der Waals surface area contributed by atoms with E-state index >= 15 is 0 Å². The van der Waals surface area contributed by atoms with Crippen LogP contribution in [0.15, 0.2) is 91.0 Å². The lowest BCUT2D eigenvalue weighted by Gasteiger charge is -2.51. The first kappa shape index (κ1) is 18.5. The fraction of sp³-hybridized carbons (Fsp3) is 0.138. The average Bonchev–Trinajstić information content (AvgIpc) is 3.14. The van der Waals surface area contributed by atoms with Crippen LogP contribution in [0.1, 0.15) is 28.2 Å². The Kier molecular flexibility index (Phi) is 3.51. The molecule has 8 rings (SSSR count). The van der Waals surface area contributed by atoms with Crippen molar-refractivity contribution in [2.75, 3.05) is 4.90 Å². The molecular formula is C29H19NO3. The second kappa shape index (κ2) is 6.26. The molecule has 1 fully saturated rings. The van der Waals surface area contributed by atoms with Gasteiger partial charge < -0.3 is 4.79 Å². The molecule has 0 spiro atoms. The maximum atomic E-state index is 14.0. The molecule has 0 unspecified atom stereocenters. The van der Waals surface area contributed by atoms with E-state index in [1.54, 1.807) is 0 Å². The highest BCUT2D eigenvalue weighted by molar-refractivity contribution is 6.25. The van der Waals surface area contributed by atoms with E-state index in [-0.39, 0.29) is 17.7 Å². The standard InChI is InChI=1S/C29H19NO3/c31-16-29-22-11-5-3-9-20(22)24(21-10-4-6-12-23(21)29)25-26(29)28(33)30(27(25)32)19-14-13-17-7-1-2-8-18(17)15-19/h1-16,24-26H/t24?,25-,26+,29?/m0/s1. The molecule has 4 aromatic carbocycles. The highest BCUT2D eigenvalue weighted by Crippen LogP contribution is 2.63. The summed E-state index contributed by atoms with van der Waals surface area (Å²) in [5, 5.41) is 2.01. The van der Waals surface area contributed by atoms with Crippen LogP contribution in [-0.4, -0.2) is 18.1 Å². The van der Waals surface area contributed by atoms with E-state index in [9.17, 15) is 14.4 Å². The second-order valence-corrected chi connectivity index (χ2v) is 9.19. The van der Waals surface area contributed by atoms with Gasteiger partial charge in [-0.1, -0.05) is 78.9 Å². The van der Waals surface area contributed by atoms with Gasteiger partial charge in [-0.05, 0) is 45.2 Å². The molecule has 0 aromatic heterocycles. The van der Waals surface area contributed by atoms with E-state index in [1.807, 2.05) is 91.0 Å². The molecule has 4 nitrogen and oxygen atoms in total. The van der Waals surface area contributed by atoms with Crippen LogP contribution < -0.4 is 4.90 Å². The zero-order chi connectivity index (χ0) is 22.3. The third-order valence-corrected chi connectivity index (χ3v) is 7.86. The summed E-state index contributed by atoms with van der Waals surface area (Å²) >= 11 is 0. The van der Waals surface area contributed by atoms with Crippen LogP contribution in [0, 0.1) is 11.8 Å². The molecule has 4 aliphatic rings. The molecule has 2 atom stereocenters. The molecule has 2 amide bonds. The summed E-state index contributed by atoms with van der Waals surface area (Å²) in [6.45, 7) is 0. The van der Waals surface area contributed by atoms with E-state index < -0.39 is 17.3 Å². The number of fused-ring (bicyclic) bond motifs is 1. The number of aldehydes is 1. The molecule has 4 aromatic rings. The first-order valence-electron chi connectivity index (χ1n) is 11.2. The smallest absolute Gasteiger partial charge is 0.239 e. The Morgan fingerprint density at radius 3 is 1.97 bits per heavy atom. The van der Waals surface area contributed by atoms with Crippen molar-refractivity contribution < 1.29 is 14.4 Å². The van der Waals surface area contributed by atoms with Crippen molar-refractivity contribution >= 4 is 34.6 Å². The minimum atomic E-state index is -1.16. The van der Waals surface area contributed by atoms with Gasteiger partial charge in [0.2, 0.25) is 11.8 Å². The number of hydrogen-bond donors (Lipinski definition) is 0. The number of imide groups is 1. The third kappa shape index (κ3) is 2.09. The van der Waals surface area contributed by atoms with Crippen LogP contribution in [0.3, 0.4) is 0 Å². The average molecular weight is 429 g/mol. The lowest BCUT2D eigenvalue weighted by atomic mass is 9.48. The minimum absolute atomic E-state index is 0.222. The SMILES string of the molecule is O=CC12c3ccccc3C(c3ccccc31)[C@@H]1C(=O)N(c3ccc4ccccc4c3)C(=O)[C@@H]12. The molecule has 1 heterocycles. The monoisotopic (exact) mass is 429 g/mol. The topological polar surface area (TPSA) is 54.5 Å². The number of carbonyl (C=O) groups is 3. The summed E-state index contributed by atoms with van der Waals surface area (Å²) in [6.07, 6.45) is 0.910. The van der Waals surface area contributed by atoms with E-state index in [2.05, 4.69) is 0 Å². The Morgan fingerprint density at radius 1 is 0.697 bits per heavy atom. The molecule has 0 saturated carbocycles. The van der Waals surface area contributed by atoms with Crippen LogP contribution in [0.4, 0.5) is 5.69 Å². The number of amides is 2. The van der Waals surface area contributed by atoms with Crippen molar-refractivity contribution in [2.45, 2.75) is 11.3 Å². The molecule has 158 valence electrons. The predicted octanol–water partition coefficient (Wildman–Crippen LogP) is 4.59. The van der Waals surface area contributed by atoms with E-state index in [1.165, 1.54) is 4.90 Å². The summed E-state index contributed by atoms with van der Waals surface area (Å²) in [5.74, 6) is -2.10. The van der Waals surface area contributed by atoms with Crippen LogP contribution in [0.5, 0.6) is 0 Å². The van der Waals surface area contributed by atoms with E-state index in [4.69, 9.17) is 0 Å². The van der Waals surface area contributed by atoms with E-state index in [0.717, 1.165) is 39.3 Å². The lowest BCUT2D eigenvalue weighted by Crippen LogP contribution is -2.54. The molecule has 1 saturated heterocycles. The molecule has 1 aliphatic heterocycles. The first-order valence-corrected chi connectivity index (χ1v) is 11.2. The number of nitrogens with zero attached hydrogens (tertiary/aromatic N) is 1. The summed E-state index contributed by atoms with van der Waals surface area (Å²) in [4.78, 5) is 42.3. The summed E-state index contributed by atoms with van der Waals surface area (Å²) in [6, 6.07) is 29.1. The second-order valence-electron chi connectivity index (χ2n) is 9.19. The Morgan fingerprint density at radius 2 is 1.30 bits per heavy atom. The molecule has 2 bridgehead atoms. The molecule has 33 heavy (non-hydrogen) atoms. The van der Waals surface area contributed by atoms with Crippen LogP contribution in [0.2, 0.25) is 0 Å². The number of carbonyl (C=O) groups excluding carboxylic acids is 3. The Hall–Kier alpha value is -4.05. The van der Waals surface area contributed by atoms with E-state index in [0.29, 0.717) is 5.69 Å². The van der Waals surface area contributed by atoms with Crippen molar-refractivity contribution in [3.8, 4) is 0 Å². The summed E-state index contributed by atoms with van der Waals surface area (Å²) in [7, 11) is 0. The molecule has 3 aliphatic carbocycles. The highest BCUT2D eigenvalue weighted by atomic mass is 16.2. The first-order chi connectivity index (χ1) is 16.2. The minimum Gasteiger partial charge on any atom is -0.302 e. The number of rotatable bonds is 2. The van der Waals surface area contributed by atoms with Gasteiger partial charge in [0, 0.05) is 5.92 Å². The van der Waals surface area contributed by atoms with Gasteiger partial charge in [0.1, 0.15) is 6.29 Å². The normalized spacial score (nSPS) is 26.8. The Labute approximate surface area is 190 Å². The van der Waals surface area contributed by atoms with Gasteiger partial charge >= 0.3 is 0 Å². The van der Waals surface area contributed by atoms with Crippen molar-refractivity contribution in [1.82, 2.24) is 0 Å². The quantitative estimate of drug-likeness (QED) is 0.346. The van der Waals surface area contributed by atoms with Crippen molar-refractivity contribution in [3.05, 3.63) is 113 Å². The summed E-state index contributed by atoms with van der Waals surface area (Å²) < 4.78 is 0. The fourth-order valence-corrected chi connectivity index (χ4v) is 6.60. The maximum Gasteiger partial charge on any atom is 0.239 e. The van der Waals surface area contributed by atoms with Gasteiger partial charge in [0.25, 0.3) is 0 Å². The van der Waals surface area contributed by atoms with Crippen LogP contribution in [0.25, 0.3) is 10.8 Å². The molecule has 4 heteroatoms. The number of benzene rings is 4. The maximum absolute atomic E-state index is 14.0. The van der Waals surface area contributed by atoms with Crippen molar-refractivity contribution in [1.29, 1.82) is 0 Å². The third-order valence-electron chi connectivity index (χ3n) is 7.86. The Balaban J connectivity index is 1.48. The highest BCUT2D eigenvalue weighted by Gasteiger charge is 2.68. The van der Waals surface area contributed by atoms with Gasteiger partial charge in [-0.15, -0.1) is 0 Å². The molecule has 0 N–H and O–H groups in total. The van der Waals surface area contributed by atoms with Crippen molar-refractivity contribution in [3.63, 3.8) is 0 Å². The van der Waals surface area contributed by atoms with Gasteiger partial charge in [0.15, 0.2) is 0 Å². The van der Waals surface area contributed by atoms with Gasteiger partial charge in [-0.2, -0.15) is 0 Å². The zero-order valence-corrected chi connectivity index (χ0v) is 17.6. The summed E-state index contributed by atoms with van der Waals surface area (Å²) in [5.41, 5.74) is 3.06. The van der Waals surface area contributed by atoms with Gasteiger partial charge in [-0.25, -0.2) is 4.90 Å². The van der Waals surface area contributed by atoms with Crippen LogP contribution in [-0.2, 0) is 19.8 Å². The number of hydrogen-bond acceptors (Lipinski definition) is 3.